The molecule has 7 nitrogen and oxygen atoms in total. The molecule has 1 aliphatic rings. The van der Waals surface area contributed by atoms with Gasteiger partial charge in [-0.15, -0.1) is 5.10 Å². The van der Waals surface area contributed by atoms with Crippen LogP contribution in [0.2, 0.25) is 0 Å². The summed E-state index contributed by atoms with van der Waals surface area (Å²) < 4.78 is 5.46. The van der Waals surface area contributed by atoms with Crippen LogP contribution in [0.25, 0.3) is 10.8 Å². The Morgan fingerprint density at radius 2 is 1.96 bits per heavy atom. The summed E-state index contributed by atoms with van der Waals surface area (Å²) in [5, 5.41) is 23.0. The maximum absolute atomic E-state index is 9.11. The van der Waals surface area contributed by atoms with E-state index in [1.807, 2.05) is 19.1 Å². The summed E-state index contributed by atoms with van der Waals surface area (Å²) in [7, 11) is 0. The second-order valence-electron chi connectivity index (χ2n) is 6.82. The average molecular weight is 374 g/mol. The van der Waals surface area contributed by atoms with Gasteiger partial charge in [0.2, 0.25) is 0 Å². The Bertz CT molecular complexity index is 1040. The van der Waals surface area contributed by atoms with Crippen LogP contribution in [0.1, 0.15) is 23.0 Å². The number of nitrogens with two attached hydrogens (primary N) is 1. The van der Waals surface area contributed by atoms with Gasteiger partial charge in [-0.2, -0.15) is 10.4 Å². The molecule has 142 valence electrons. The van der Waals surface area contributed by atoms with Gasteiger partial charge in [0.25, 0.3) is 0 Å². The first-order valence-electron chi connectivity index (χ1n) is 9.27. The maximum atomic E-state index is 9.11. The van der Waals surface area contributed by atoms with Crippen LogP contribution in [-0.4, -0.2) is 36.5 Å². The number of aryl methyl sites for hydroxylation is 1. The smallest absolute Gasteiger partial charge is 0.158 e. The Kier molecular flexibility index (Phi) is 5.06. The summed E-state index contributed by atoms with van der Waals surface area (Å²) >= 11 is 0. The van der Waals surface area contributed by atoms with Crippen molar-refractivity contribution in [3.05, 3.63) is 59.3 Å². The van der Waals surface area contributed by atoms with E-state index >= 15 is 0 Å². The fourth-order valence-corrected chi connectivity index (χ4v) is 3.43. The van der Waals surface area contributed by atoms with Crippen LogP contribution >= 0.6 is 0 Å². The highest BCUT2D eigenvalue weighted by Crippen LogP contribution is 2.29. The molecule has 28 heavy (non-hydrogen) atoms. The average Bonchev–Trinajstić information content (AvgIpc) is 2.76. The van der Waals surface area contributed by atoms with Crippen molar-refractivity contribution in [1.82, 2.24) is 10.2 Å². The van der Waals surface area contributed by atoms with Gasteiger partial charge < -0.3 is 20.7 Å². The van der Waals surface area contributed by atoms with Gasteiger partial charge in [0.1, 0.15) is 6.17 Å². The molecule has 3 aromatic rings. The van der Waals surface area contributed by atoms with E-state index in [1.54, 1.807) is 12.1 Å². The van der Waals surface area contributed by atoms with Crippen LogP contribution in [0, 0.1) is 18.3 Å². The number of benzene rings is 2. The third kappa shape index (κ3) is 3.60. The van der Waals surface area contributed by atoms with Crippen molar-refractivity contribution in [1.29, 1.82) is 5.26 Å². The van der Waals surface area contributed by atoms with Gasteiger partial charge in [0.05, 0.1) is 30.5 Å². The van der Waals surface area contributed by atoms with Gasteiger partial charge in [-0.3, -0.25) is 0 Å². The van der Waals surface area contributed by atoms with Crippen LogP contribution in [0.3, 0.4) is 0 Å². The highest BCUT2D eigenvalue weighted by Gasteiger charge is 2.16. The van der Waals surface area contributed by atoms with Crippen molar-refractivity contribution in [2.75, 3.05) is 36.5 Å². The molecule has 0 bridgehead atoms. The summed E-state index contributed by atoms with van der Waals surface area (Å²) in [5.74, 6) is 0.630. The lowest BCUT2D eigenvalue weighted by atomic mass is 10.1. The molecule has 2 heterocycles. The monoisotopic (exact) mass is 374 g/mol. The number of nitrogens with one attached hydrogen (secondary N) is 1. The third-order valence-electron chi connectivity index (χ3n) is 4.99. The highest BCUT2D eigenvalue weighted by atomic mass is 16.5. The molecular weight excluding hydrogens is 352 g/mol. The normalized spacial score (nSPS) is 15.2. The molecule has 1 saturated heterocycles. The second kappa shape index (κ2) is 7.80. The number of ether oxygens (including phenoxy) is 1. The minimum Gasteiger partial charge on any atom is -0.378 e. The van der Waals surface area contributed by atoms with E-state index in [0.717, 1.165) is 54.0 Å². The van der Waals surface area contributed by atoms with Gasteiger partial charge >= 0.3 is 0 Å². The van der Waals surface area contributed by atoms with Crippen molar-refractivity contribution in [2.24, 2.45) is 5.73 Å². The van der Waals surface area contributed by atoms with Gasteiger partial charge in [0, 0.05) is 29.5 Å². The molecule has 0 spiro atoms. The van der Waals surface area contributed by atoms with Crippen molar-refractivity contribution < 1.29 is 4.74 Å². The van der Waals surface area contributed by atoms with E-state index in [1.165, 1.54) is 0 Å². The fraction of sp³-hybridized carbons (Fsp3) is 0.286. The van der Waals surface area contributed by atoms with Crippen LogP contribution in [0.15, 0.2) is 42.5 Å². The number of hydrogen-bond donors (Lipinski definition) is 2. The molecule has 1 aliphatic heterocycles. The molecule has 7 heteroatoms. The number of anilines is 2. The van der Waals surface area contributed by atoms with Gasteiger partial charge in [-0.25, -0.2) is 0 Å². The SMILES string of the molecule is Cc1nnc(N[C@H](N)c2cccc(C#N)c2)c2cc(N3CCOCC3)ccc12. The molecule has 3 N–H and O–H groups in total. The Balaban J connectivity index is 1.69. The molecule has 1 atom stereocenters. The summed E-state index contributed by atoms with van der Waals surface area (Å²) in [5.41, 5.74) is 9.74. The lowest BCUT2D eigenvalue weighted by molar-refractivity contribution is 0.122. The number of aromatic nitrogens is 2. The third-order valence-corrected chi connectivity index (χ3v) is 4.99. The van der Waals surface area contributed by atoms with E-state index in [9.17, 15) is 0 Å². The molecule has 0 saturated carbocycles. The van der Waals surface area contributed by atoms with E-state index in [-0.39, 0.29) is 0 Å². The van der Waals surface area contributed by atoms with Crippen LogP contribution in [-0.2, 0) is 4.74 Å². The summed E-state index contributed by atoms with van der Waals surface area (Å²) in [6.07, 6.45) is -0.499. The van der Waals surface area contributed by atoms with Crippen LogP contribution in [0.5, 0.6) is 0 Å². The lowest BCUT2D eigenvalue weighted by Crippen LogP contribution is -2.36. The van der Waals surface area contributed by atoms with Crippen molar-refractivity contribution in [3.8, 4) is 6.07 Å². The number of nitrogens with zero attached hydrogens (tertiary/aromatic N) is 4. The van der Waals surface area contributed by atoms with Gasteiger partial charge in [0.15, 0.2) is 5.82 Å². The molecule has 0 unspecified atom stereocenters. The highest BCUT2D eigenvalue weighted by molar-refractivity contribution is 5.95. The minimum atomic E-state index is -0.499. The molecule has 0 amide bonds. The summed E-state index contributed by atoms with van der Waals surface area (Å²) in [4.78, 5) is 2.30. The first-order valence-corrected chi connectivity index (χ1v) is 9.27. The molecule has 2 aromatic carbocycles. The quantitative estimate of drug-likeness (QED) is 0.677. The van der Waals surface area contributed by atoms with Crippen LogP contribution in [0.4, 0.5) is 11.5 Å². The first kappa shape index (κ1) is 18.2. The zero-order valence-corrected chi connectivity index (χ0v) is 15.7. The largest absolute Gasteiger partial charge is 0.378 e. The van der Waals surface area contributed by atoms with Crippen molar-refractivity contribution in [3.63, 3.8) is 0 Å². The second-order valence-corrected chi connectivity index (χ2v) is 6.82. The van der Waals surface area contributed by atoms with Crippen LogP contribution < -0.4 is 16.0 Å². The Hall–Kier alpha value is -3.21. The van der Waals surface area contributed by atoms with Crippen molar-refractivity contribution in [2.45, 2.75) is 13.1 Å². The van der Waals surface area contributed by atoms with E-state index < -0.39 is 6.17 Å². The topological polar surface area (TPSA) is 100 Å². The minimum absolute atomic E-state index is 0.499. The number of morpholine rings is 1. The number of fused-ring (bicyclic) bond motifs is 1. The Morgan fingerprint density at radius 1 is 1.14 bits per heavy atom. The molecular formula is C21H22N6O. The van der Waals surface area contributed by atoms with Gasteiger partial charge in [-0.1, -0.05) is 18.2 Å². The molecule has 4 rings (SSSR count). The maximum Gasteiger partial charge on any atom is 0.158 e. The summed E-state index contributed by atoms with van der Waals surface area (Å²) in [6, 6.07) is 15.7. The van der Waals surface area contributed by atoms with E-state index in [2.05, 4.69) is 44.7 Å². The molecule has 0 aliphatic carbocycles. The molecule has 1 aromatic heterocycles. The van der Waals surface area contributed by atoms with Gasteiger partial charge in [-0.05, 0) is 36.8 Å². The Labute approximate surface area is 163 Å². The zero-order chi connectivity index (χ0) is 19.5. The molecule has 1 fully saturated rings. The standard InChI is InChI=1S/C21H22N6O/c1-14-18-6-5-17(27-7-9-28-10-8-27)12-19(18)21(26-25-14)24-20(23)16-4-2-3-15(11-16)13-22/h2-6,11-12,20H,7-10,23H2,1H3,(H,24,26)/t20-/m0/s1. The predicted octanol–water partition coefficient (Wildman–Crippen LogP) is 2.72. The summed E-state index contributed by atoms with van der Waals surface area (Å²) in [6.45, 7) is 5.15. The van der Waals surface area contributed by atoms with E-state index in [0.29, 0.717) is 11.4 Å². The fourth-order valence-electron chi connectivity index (χ4n) is 3.43. The Morgan fingerprint density at radius 3 is 2.75 bits per heavy atom. The number of hydrogen-bond acceptors (Lipinski definition) is 7. The first-order chi connectivity index (χ1) is 13.7. The number of nitriles is 1. The zero-order valence-electron chi connectivity index (χ0n) is 15.7. The lowest BCUT2D eigenvalue weighted by Gasteiger charge is -2.29. The predicted molar refractivity (Wildman–Crippen MR) is 109 cm³/mol. The van der Waals surface area contributed by atoms with Crippen molar-refractivity contribution >= 4 is 22.3 Å². The molecule has 0 radical (unpaired) electrons. The number of rotatable bonds is 4. The van der Waals surface area contributed by atoms with E-state index in [4.69, 9.17) is 15.7 Å².